The molecule has 2 aliphatic carbocycles. The van der Waals surface area contributed by atoms with Gasteiger partial charge in [0.05, 0.1) is 0 Å². The van der Waals surface area contributed by atoms with Crippen molar-refractivity contribution in [2.75, 3.05) is 0 Å². The first kappa shape index (κ1) is 12.7. The molecule has 0 saturated heterocycles. The number of carbonyl (C=O) groups excluding carboxylic acids is 1. The van der Waals surface area contributed by atoms with E-state index in [4.69, 9.17) is 11.6 Å². The molecule has 2 aliphatic rings. The molecule has 1 aromatic rings. The maximum atomic E-state index is 12.4. The summed E-state index contributed by atoms with van der Waals surface area (Å²) in [6, 6.07) is 7.64. The lowest BCUT2D eigenvalue weighted by Gasteiger charge is -2.11. The van der Waals surface area contributed by atoms with Gasteiger partial charge < -0.3 is 0 Å². The third-order valence-electron chi connectivity index (χ3n) is 4.49. The van der Waals surface area contributed by atoms with Crippen molar-refractivity contribution in [3.8, 4) is 0 Å². The molecule has 0 radical (unpaired) electrons. The summed E-state index contributed by atoms with van der Waals surface area (Å²) in [5.41, 5.74) is 3.10. The molecule has 0 heterocycles. The second-order valence-corrected chi connectivity index (χ2v) is 6.59. The van der Waals surface area contributed by atoms with E-state index in [2.05, 4.69) is 19.9 Å². The van der Waals surface area contributed by atoms with Crippen LogP contribution in [0.3, 0.4) is 0 Å². The van der Waals surface area contributed by atoms with Crippen LogP contribution in [0.1, 0.15) is 26.3 Å². The molecule has 1 fully saturated rings. The highest BCUT2D eigenvalue weighted by atomic mass is 35.5. The zero-order valence-corrected chi connectivity index (χ0v) is 12.2. The fourth-order valence-corrected chi connectivity index (χ4v) is 3.32. The summed E-state index contributed by atoms with van der Waals surface area (Å²) in [5.74, 6) is 1.09. The van der Waals surface area contributed by atoms with Gasteiger partial charge in [0, 0.05) is 16.5 Å². The van der Waals surface area contributed by atoms with Gasteiger partial charge in [-0.1, -0.05) is 43.7 Å². The molecule has 0 spiro atoms. The largest absolute Gasteiger partial charge is 0.289 e. The summed E-state index contributed by atoms with van der Waals surface area (Å²) >= 11 is 5.89. The molecule has 19 heavy (non-hydrogen) atoms. The highest BCUT2D eigenvalue weighted by Gasteiger charge is 2.60. The van der Waals surface area contributed by atoms with Crippen LogP contribution in [0.5, 0.6) is 0 Å². The van der Waals surface area contributed by atoms with Crippen molar-refractivity contribution in [3.63, 3.8) is 0 Å². The number of allylic oxidation sites excluding steroid dienone is 3. The van der Waals surface area contributed by atoms with Crippen LogP contribution in [0, 0.1) is 17.3 Å². The van der Waals surface area contributed by atoms with E-state index in [-0.39, 0.29) is 11.2 Å². The van der Waals surface area contributed by atoms with Crippen LogP contribution in [0.2, 0.25) is 5.02 Å². The van der Waals surface area contributed by atoms with Gasteiger partial charge in [-0.25, -0.2) is 0 Å². The monoisotopic (exact) mass is 272 g/mol. The third kappa shape index (κ3) is 1.97. The molecular formula is C17H17ClO. The number of halogens is 1. The number of Topliss-reactive ketones (excluding diaryl/α,β-unsaturated/α-hetero) is 1. The van der Waals surface area contributed by atoms with Crippen LogP contribution in [-0.2, 0) is 4.79 Å². The van der Waals surface area contributed by atoms with E-state index < -0.39 is 0 Å². The SMILES string of the molecule is CC1=CC2C(/C(=C\c3ccc(Cl)cc3)C1=O)C2(C)C. The van der Waals surface area contributed by atoms with E-state index in [1.165, 1.54) is 0 Å². The number of rotatable bonds is 1. The fourth-order valence-electron chi connectivity index (χ4n) is 3.19. The van der Waals surface area contributed by atoms with E-state index in [9.17, 15) is 4.79 Å². The van der Waals surface area contributed by atoms with Crippen molar-refractivity contribution >= 4 is 23.5 Å². The van der Waals surface area contributed by atoms with Crippen LogP contribution in [0.25, 0.3) is 6.08 Å². The standard InChI is InChI=1S/C17H17ClO/c1-10-8-14-15(17(14,2)3)13(16(10)19)9-11-4-6-12(18)7-5-11/h4-9,14-15H,1-3H3/b13-9+. The van der Waals surface area contributed by atoms with E-state index in [1.807, 2.05) is 37.3 Å². The van der Waals surface area contributed by atoms with Crippen LogP contribution in [-0.4, -0.2) is 5.78 Å². The van der Waals surface area contributed by atoms with Gasteiger partial charge in [-0.05, 0) is 47.6 Å². The molecule has 1 aromatic carbocycles. The Balaban J connectivity index is 2.02. The maximum Gasteiger partial charge on any atom is 0.184 e. The quantitative estimate of drug-likeness (QED) is 0.687. The molecule has 2 atom stereocenters. The number of hydrogen-bond acceptors (Lipinski definition) is 1. The molecule has 0 bridgehead atoms. The van der Waals surface area contributed by atoms with Crippen molar-refractivity contribution in [1.29, 1.82) is 0 Å². The summed E-state index contributed by atoms with van der Waals surface area (Å²) < 4.78 is 0. The molecule has 0 N–H and O–H groups in total. The fraction of sp³-hybridized carbons (Fsp3) is 0.353. The summed E-state index contributed by atoms with van der Waals surface area (Å²) in [7, 11) is 0. The predicted octanol–water partition coefficient (Wildman–Crippen LogP) is 4.52. The molecule has 3 rings (SSSR count). The van der Waals surface area contributed by atoms with Crippen LogP contribution in [0.15, 0.2) is 41.5 Å². The molecule has 1 nitrogen and oxygen atoms in total. The maximum absolute atomic E-state index is 12.4. The van der Waals surface area contributed by atoms with E-state index in [1.54, 1.807) is 0 Å². The van der Waals surface area contributed by atoms with Crippen molar-refractivity contribution < 1.29 is 4.79 Å². The second kappa shape index (κ2) is 4.08. The van der Waals surface area contributed by atoms with Crippen molar-refractivity contribution in [2.24, 2.45) is 17.3 Å². The molecule has 2 unspecified atom stereocenters. The first-order chi connectivity index (χ1) is 8.91. The number of carbonyl (C=O) groups is 1. The number of benzene rings is 1. The van der Waals surface area contributed by atoms with Crippen molar-refractivity contribution in [1.82, 2.24) is 0 Å². The molecule has 0 amide bonds. The van der Waals surface area contributed by atoms with E-state index in [0.717, 1.165) is 21.7 Å². The lowest BCUT2D eigenvalue weighted by Crippen LogP contribution is -2.11. The average Bonchev–Trinajstić information content (AvgIpc) is 2.89. The summed E-state index contributed by atoms with van der Waals surface area (Å²) in [6.45, 7) is 6.39. The van der Waals surface area contributed by atoms with Crippen LogP contribution in [0.4, 0.5) is 0 Å². The van der Waals surface area contributed by atoms with Crippen molar-refractivity contribution in [2.45, 2.75) is 20.8 Å². The molecule has 0 aliphatic heterocycles. The van der Waals surface area contributed by atoms with Gasteiger partial charge in [0.1, 0.15) is 0 Å². The van der Waals surface area contributed by atoms with Gasteiger partial charge in [0.25, 0.3) is 0 Å². The van der Waals surface area contributed by atoms with Gasteiger partial charge in [0.15, 0.2) is 5.78 Å². The van der Waals surface area contributed by atoms with Gasteiger partial charge in [0.2, 0.25) is 0 Å². The van der Waals surface area contributed by atoms with Gasteiger partial charge in [-0.15, -0.1) is 0 Å². The predicted molar refractivity (Wildman–Crippen MR) is 79.0 cm³/mol. The lowest BCUT2D eigenvalue weighted by atomic mass is 9.91. The minimum Gasteiger partial charge on any atom is -0.289 e. The average molecular weight is 273 g/mol. The molecule has 2 heteroatoms. The first-order valence-electron chi connectivity index (χ1n) is 6.61. The van der Waals surface area contributed by atoms with Gasteiger partial charge >= 0.3 is 0 Å². The highest BCUT2D eigenvalue weighted by Crippen LogP contribution is 2.65. The normalized spacial score (nSPS) is 30.0. The Bertz CT molecular complexity index is 605. The molecule has 98 valence electrons. The van der Waals surface area contributed by atoms with Gasteiger partial charge in [-0.2, -0.15) is 0 Å². The molecular weight excluding hydrogens is 256 g/mol. The lowest BCUT2D eigenvalue weighted by molar-refractivity contribution is -0.112. The molecule has 0 aromatic heterocycles. The van der Waals surface area contributed by atoms with E-state index >= 15 is 0 Å². The number of hydrogen-bond donors (Lipinski definition) is 0. The highest BCUT2D eigenvalue weighted by molar-refractivity contribution is 6.30. The Labute approximate surface area is 119 Å². The summed E-state index contributed by atoms with van der Waals surface area (Å²) in [6.07, 6.45) is 4.17. The minimum atomic E-state index is 0.196. The summed E-state index contributed by atoms with van der Waals surface area (Å²) in [4.78, 5) is 12.4. The van der Waals surface area contributed by atoms with Crippen molar-refractivity contribution in [3.05, 3.63) is 52.1 Å². The summed E-state index contributed by atoms with van der Waals surface area (Å²) in [5, 5.41) is 0.720. The first-order valence-corrected chi connectivity index (χ1v) is 6.99. The van der Waals surface area contributed by atoms with Crippen LogP contribution < -0.4 is 0 Å². The Hall–Kier alpha value is -1.34. The molecule has 1 saturated carbocycles. The van der Waals surface area contributed by atoms with Gasteiger partial charge in [-0.3, -0.25) is 4.79 Å². The third-order valence-corrected chi connectivity index (χ3v) is 4.74. The Kier molecular flexibility index (Phi) is 2.72. The Morgan fingerprint density at radius 3 is 2.47 bits per heavy atom. The van der Waals surface area contributed by atoms with E-state index in [0.29, 0.717) is 11.8 Å². The topological polar surface area (TPSA) is 17.1 Å². The zero-order valence-electron chi connectivity index (χ0n) is 11.4. The number of ketones is 1. The Morgan fingerprint density at radius 2 is 1.84 bits per heavy atom. The van der Waals surface area contributed by atoms with Crippen LogP contribution >= 0.6 is 11.6 Å². The second-order valence-electron chi connectivity index (χ2n) is 6.15. The minimum absolute atomic E-state index is 0.196. The number of fused-ring (bicyclic) bond motifs is 1. The zero-order chi connectivity index (χ0) is 13.8. The Morgan fingerprint density at radius 1 is 1.21 bits per heavy atom. The smallest absolute Gasteiger partial charge is 0.184 e.